The Bertz CT molecular complexity index is 3130. The molecule has 2 aliphatic carbocycles. The van der Waals surface area contributed by atoms with E-state index in [2.05, 4.69) is 265 Å². The number of benzene rings is 10. The van der Waals surface area contributed by atoms with Crippen molar-refractivity contribution in [3.8, 4) is 44.5 Å². The minimum atomic E-state index is -0.563. The minimum absolute atomic E-state index is 0.563. The van der Waals surface area contributed by atoms with Crippen LogP contribution in [0.15, 0.2) is 255 Å². The van der Waals surface area contributed by atoms with Gasteiger partial charge in [0.25, 0.3) is 0 Å². The van der Waals surface area contributed by atoms with Crippen molar-refractivity contribution in [1.82, 2.24) is 0 Å². The molecule has 0 atom stereocenters. The van der Waals surface area contributed by atoms with Crippen molar-refractivity contribution in [2.45, 2.75) is 5.41 Å². The molecule has 0 amide bonds. The molecule has 0 aliphatic heterocycles. The number of anilines is 6. The smallest absolute Gasteiger partial charge is 0.0727 e. The maximum atomic E-state index is 2.51. The van der Waals surface area contributed by atoms with Gasteiger partial charge in [0.1, 0.15) is 0 Å². The second kappa shape index (κ2) is 15.1. The molecule has 0 unspecified atom stereocenters. The van der Waals surface area contributed by atoms with Gasteiger partial charge in [-0.25, -0.2) is 0 Å². The summed E-state index contributed by atoms with van der Waals surface area (Å²) in [6, 6.07) is 93.4. The molecule has 12 rings (SSSR count). The van der Waals surface area contributed by atoms with Gasteiger partial charge >= 0.3 is 0 Å². The molecule has 0 bridgehead atoms. The van der Waals surface area contributed by atoms with Gasteiger partial charge in [-0.15, -0.1) is 0 Å². The first-order valence-electron chi connectivity index (χ1n) is 21.8. The molecule has 0 aromatic heterocycles. The third kappa shape index (κ3) is 5.87. The van der Waals surface area contributed by atoms with Crippen LogP contribution in [-0.2, 0) is 5.41 Å². The second-order valence-electron chi connectivity index (χ2n) is 16.5. The molecule has 0 fully saturated rings. The average Bonchev–Trinajstić information content (AvgIpc) is 3.83. The van der Waals surface area contributed by atoms with Crippen LogP contribution in [0.2, 0.25) is 0 Å². The molecule has 10 aromatic rings. The molecule has 0 heterocycles. The molecule has 296 valence electrons. The quantitative estimate of drug-likeness (QED) is 0.151. The summed E-state index contributed by atoms with van der Waals surface area (Å²) < 4.78 is 0. The lowest BCUT2D eigenvalue weighted by atomic mass is 9.70. The fourth-order valence-electron chi connectivity index (χ4n) is 10.4. The number of para-hydroxylation sites is 3. The zero-order valence-corrected chi connectivity index (χ0v) is 34.6. The summed E-state index contributed by atoms with van der Waals surface area (Å²) in [5, 5.41) is 0. The summed E-state index contributed by atoms with van der Waals surface area (Å²) in [7, 11) is 0. The molecule has 0 saturated heterocycles. The van der Waals surface area contributed by atoms with Crippen LogP contribution in [0.5, 0.6) is 0 Å². The SMILES string of the molecule is c1ccc(-c2cc(-c3ccccc3)cc(N(c3ccccc3)c3cc(N(c4ccccc4)c4ccccc4)c4c(c3)C3(c5ccccc5-c5ccccc53)c3ccccc3-4)c2)cc1. The Hall–Kier alpha value is -8.20. The van der Waals surface area contributed by atoms with E-state index in [0.29, 0.717) is 0 Å². The predicted octanol–water partition coefficient (Wildman–Crippen LogP) is 16.3. The van der Waals surface area contributed by atoms with Crippen molar-refractivity contribution in [2.24, 2.45) is 0 Å². The monoisotopic (exact) mass is 802 g/mol. The Morgan fingerprint density at radius 3 is 1.08 bits per heavy atom. The molecular formula is C61H42N2. The van der Waals surface area contributed by atoms with Gasteiger partial charge in [0.15, 0.2) is 0 Å². The number of hydrogen-bond donors (Lipinski definition) is 0. The molecule has 0 radical (unpaired) electrons. The van der Waals surface area contributed by atoms with Crippen LogP contribution in [0.4, 0.5) is 34.1 Å². The van der Waals surface area contributed by atoms with E-state index < -0.39 is 5.41 Å². The summed E-state index contributed by atoms with van der Waals surface area (Å²) in [6.07, 6.45) is 0. The van der Waals surface area contributed by atoms with E-state index in [9.17, 15) is 0 Å². The summed E-state index contributed by atoms with van der Waals surface area (Å²) in [5.41, 5.74) is 20.9. The highest BCUT2D eigenvalue weighted by atomic mass is 15.2. The van der Waals surface area contributed by atoms with Crippen LogP contribution in [0.1, 0.15) is 22.3 Å². The van der Waals surface area contributed by atoms with Crippen LogP contribution in [-0.4, -0.2) is 0 Å². The Balaban J connectivity index is 1.23. The first kappa shape index (κ1) is 36.6. The van der Waals surface area contributed by atoms with Gasteiger partial charge in [-0.2, -0.15) is 0 Å². The van der Waals surface area contributed by atoms with Crippen LogP contribution in [0.3, 0.4) is 0 Å². The Kier molecular flexibility index (Phi) is 8.76. The molecule has 0 N–H and O–H groups in total. The van der Waals surface area contributed by atoms with Crippen LogP contribution < -0.4 is 9.80 Å². The highest BCUT2D eigenvalue weighted by Gasteiger charge is 2.52. The van der Waals surface area contributed by atoms with Gasteiger partial charge in [0.05, 0.1) is 11.1 Å². The zero-order valence-electron chi connectivity index (χ0n) is 34.6. The Labute approximate surface area is 369 Å². The number of hydrogen-bond acceptors (Lipinski definition) is 2. The third-order valence-corrected chi connectivity index (χ3v) is 13.0. The fraction of sp³-hybridized carbons (Fsp3) is 0.0164. The maximum Gasteiger partial charge on any atom is 0.0727 e. The number of fused-ring (bicyclic) bond motifs is 10. The third-order valence-electron chi connectivity index (χ3n) is 13.0. The van der Waals surface area contributed by atoms with E-state index in [4.69, 9.17) is 0 Å². The van der Waals surface area contributed by atoms with E-state index in [0.717, 1.165) is 45.3 Å². The lowest BCUT2D eigenvalue weighted by molar-refractivity contribution is 0.793. The molecule has 1 spiro atoms. The summed E-state index contributed by atoms with van der Waals surface area (Å²) in [5.74, 6) is 0. The molecule has 0 saturated carbocycles. The van der Waals surface area contributed by atoms with Gasteiger partial charge in [-0.3, -0.25) is 0 Å². The van der Waals surface area contributed by atoms with E-state index in [1.807, 2.05) is 0 Å². The summed E-state index contributed by atoms with van der Waals surface area (Å²) in [4.78, 5) is 4.93. The normalized spacial score (nSPS) is 12.6. The first-order valence-corrected chi connectivity index (χ1v) is 21.8. The van der Waals surface area contributed by atoms with Gasteiger partial charge in [-0.1, -0.05) is 188 Å². The van der Waals surface area contributed by atoms with Gasteiger partial charge in [-0.05, 0) is 128 Å². The van der Waals surface area contributed by atoms with Crippen LogP contribution in [0.25, 0.3) is 44.5 Å². The van der Waals surface area contributed by atoms with Crippen molar-refractivity contribution in [1.29, 1.82) is 0 Å². The fourth-order valence-corrected chi connectivity index (χ4v) is 10.4. The second-order valence-corrected chi connectivity index (χ2v) is 16.5. The lowest BCUT2D eigenvalue weighted by Crippen LogP contribution is -2.26. The average molecular weight is 803 g/mol. The maximum absolute atomic E-state index is 2.51. The summed E-state index contributed by atoms with van der Waals surface area (Å²) in [6.45, 7) is 0. The molecule has 2 nitrogen and oxygen atoms in total. The number of nitrogens with zero attached hydrogens (tertiary/aromatic N) is 2. The van der Waals surface area contributed by atoms with Gasteiger partial charge < -0.3 is 9.80 Å². The van der Waals surface area contributed by atoms with Crippen molar-refractivity contribution in [3.05, 3.63) is 277 Å². The standard InChI is InChI=1S/C61H42N2/c1-6-22-43(23-7-1)45-38-46(44-24-8-2-9-25-44)40-50(39-45)62(47-26-10-3-11-27-47)51-41-58-60(59(42-51)63(48-28-12-4-13-29-48)49-30-14-5-15-31-49)54-34-18-21-37-57(54)61(58)55-35-19-16-32-52(55)53-33-17-20-36-56(53)61/h1-42H. The van der Waals surface area contributed by atoms with Crippen LogP contribution in [0, 0.1) is 0 Å². The van der Waals surface area contributed by atoms with E-state index >= 15 is 0 Å². The highest BCUT2D eigenvalue weighted by molar-refractivity contribution is 6.03. The van der Waals surface area contributed by atoms with Gasteiger partial charge in [0, 0.05) is 34.0 Å². The minimum Gasteiger partial charge on any atom is -0.310 e. The van der Waals surface area contributed by atoms with Crippen molar-refractivity contribution < 1.29 is 0 Å². The van der Waals surface area contributed by atoms with E-state index in [1.165, 1.54) is 55.6 Å². The Morgan fingerprint density at radius 1 is 0.238 bits per heavy atom. The first-order chi connectivity index (χ1) is 31.3. The van der Waals surface area contributed by atoms with E-state index in [-0.39, 0.29) is 0 Å². The molecule has 2 heteroatoms. The predicted molar refractivity (Wildman–Crippen MR) is 263 cm³/mol. The van der Waals surface area contributed by atoms with E-state index in [1.54, 1.807) is 0 Å². The summed E-state index contributed by atoms with van der Waals surface area (Å²) >= 11 is 0. The topological polar surface area (TPSA) is 6.48 Å². The van der Waals surface area contributed by atoms with Crippen molar-refractivity contribution in [2.75, 3.05) is 9.80 Å². The van der Waals surface area contributed by atoms with Crippen molar-refractivity contribution >= 4 is 34.1 Å². The lowest BCUT2D eigenvalue weighted by Gasteiger charge is -2.34. The van der Waals surface area contributed by atoms with Crippen LogP contribution >= 0.6 is 0 Å². The number of rotatable bonds is 8. The van der Waals surface area contributed by atoms with Crippen molar-refractivity contribution in [3.63, 3.8) is 0 Å². The zero-order chi connectivity index (χ0) is 41.7. The molecular weight excluding hydrogens is 761 g/mol. The highest BCUT2D eigenvalue weighted by Crippen LogP contribution is 2.65. The molecule has 10 aromatic carbocycles. The molecule has 63 heavy (non-hydrogen) atoms. The molecule has 2 aliphatic rings. The van der Waals surface area contributed by atoms with Gasteiger partial charge in [0.2, 0.25) is 0 Å². The largest absolute Gasteiger partial charge is 0.310 e. The Morgan fingerprint density at radius 2 is 0.603 bits per heavy atom.